The summed E-state index contributed by atoms with van der Waals surface area (Å²) in [6.07, 6.45) is 1.41. The highest BCUT2D eigenvalue weighted by Crippen LogP contribution is 2.23. The number of rotatable bonds is 9. The minimum absolute atomic E-state index is 0.0371. The summed E-state index contributed by atoms with van der Waals surface area (Å²) < 4.78 is 12.8. The second-order valence-electron chi connectivity index (χ2n) is 7.14. The van der Waals surface area contributed by atoms with Gasteiger partial charge >= 0.3 is 0 Å². The van der Waals surface area contributed by atoms with E-state index >= 15 is 0 Å². The zero-order valence-electron chi connectivity index (χ0n) is 18.5. The van der Waals surface area contributed by atoms with Gasteiger partial charge in [0.25, 0.3) is 5.91 Å². The predicted octanol–water partition coefficient (Wildman–Crippen LogP) is 2.86. The molecular weight excluding hydrogens is 506 g/mol. The number of hydrogen-bond donors (Lipinski definition) is 2. The first-order valence-electron chi connectivity index (χ1n) is 10.4. The van der Waals surface area contributed by atoms with Crippen molar-refractivity contribution >= 4 is 33.9 Å². The van der Waals surface area contributed by atoms with Gasteiger partial charge in [0.15, 0.2) is 5.69 Å². The van der Waals surface area contributed by atoms with E-state index in [1.54, 1.807) is 6.07 Å². The Labute approximate surface area is 202 Å². The smallest absolute Gasteiger partial charge is 0.293 e. The van der Waals surface area contributed by atoms with E-state index in [9.17, 15) is 4.79 Å². The highest BCUT2D eigenvalue weighted by molar-refractivity contribution is 9.10. The van der Waals surface area contributed by atoms with Crippen LogP contribution >= 0.6 is 15.9 Å². The molecule has 34 heavy (non-hydrogen) atoms. The number of halogens is 1. The number of hydrogen-bond acceptors (Lipinski definition) is 10. The molecule has 176 valence electrons. The van der Waals surface area contributed by atoms with Crippen molar-refractivity contribution in [3.05, 3.63) is 58.0 Å². The van der Waals surface area contributed by atoms with Crippen LogP contribution in [0, 0.1) is 0 Å². The summed E-state index contributed by atoms with van der Waals surface area (Å²) in [5.41, 5.74) is 9.77. The van der Waals surface area contributed by atoms with Crippen LogP contribution in [0.15, 0.2) is 55.0 Å². The van der Waals surface area contributed by atoms with Crippen LogP contribution in [0.1, 0.15) is 35.8 Å². The normalized spacial score (nSPS) is 11.5. The lowest BCUT2D eigenvalue weighted by Gasteiger charge is -2.18. The van der Waals surface area contributed by atoms with Crippen molar-refractivity contribution in [2.24, 2.45) is 5.10 Å². The molecule has 0 aliphatic carbocycles. The van der Waals surface area contributed by atoms with Gasteiger partial charge in [0, 0.05) is 16.6 Å². The maximum absolute atomic E-state index is 12.9. The van der Waals surface area contributed by atoms with Gasteiger partial charge in [-0.1, -0.05) is 47.1 Å². The summed E-state index contributed by atoms with van der Waals surface area (Å²) in [6, 6.07) is 11.3. The van der Waals surface area contributed by atoms with Gasteiger partial charge in [0.2, 0.25) is 11.6 Å². The summed E-state index contributed by atoms with van der Waals surface area (Å²) in [5, 5.41) is 19.4. The van der Waals surface area contributed by atoms with Crippen molar-refractivity contribution in [1.29, 1.82) is 0 Å². The minimum Gasteiger partial charge on any atom is -0.455 e. The van der Waals surface area contributed by atoms with Crippen molar-refractivity contribution < 1.29 is 13.8 Å². The van der Waals surface area contributed by atoms with Gasteiger partial charge in [-0.25, -0.2) is 10.1 Å². The van der Waals surface area contributed by atoms with E-state index in [0.717, 1.165) is 23.1 Å². The molecule has 3 N–H and O–H groups in total. The van der Waals surface area contributed by atoms with Gasteiger partial charge in [-0.15, -0.1) is 5.10 Å². The molecule has 0 aliphatic heterocycles. The number of nitrogens with one attached hydrogen (secondary N) is 1. The zero-order chi connectivity index (χ0) is 24.1. The lowest BCUT2D eigenvalue weighted by atomic mass is 10.2. The molecule has 0 atom stereocenters. The number of hydrazone groups is 1. The topological polar surface area (TPSA) is 153 Å². The molecular formula is C21H22BrN9O3. The molecule has 1 aromatic carbocycles. The van der Waals surface area contributed by atoms with Crippen LogP contribution < -0.4 is 11.2 Å². The fourth-order valence-corrected chi connectivity index (χ4v) is 3.45. The van der Waals surface area contributed by atoms with Crippen LogP contribution in [-0.4, -0.2) is 55.4 Å². The number of aromatic nitrogens is 5. The van der Waals surface area contributed by atoms with Gasteiger partial charge in [-0.05, 0) is 47.7 Å². The number of benzene rings is 1. The predicted molar refractivity (Wildman–Crippen MR) is 127 cm³/mol. The fourth-order valence-electron chi connectivity index (χ4n) is 3.19. The number of nitrogens with zero attached hydrogens (tertiary/aromatic N) is 7. The van der Waals surface area contributed by atoms with E-state index < -0.39 is 5.91 Å². The molecule has 4 rings (SSSR count). The molecule has 3 aromatic heterocycles. The molecule has 0 fully saturated rings. The molecule has 0 aliphatic rings. The van der Waals surface area contributed by atoms with Gasteiger partial charge in [0.05, 0.1) is 11.9 Å². The van der Waals surface area contributed by atoms with Gasteiger partial charge in [0.1, 0.15) is 11.5 Å². The Kier molecular flexibility index (Phi) is 7.13. The molecule has 0 radical (unpaired) electrons. The molecule has 12 nitrogen and oxygen atoms in total. The van der Waals surface area contributed by atoms with Crippen LogP contribution in [0.25, 0.3) is 17.1 Å². The molecule has 0 spiro atoms. The number of furan rings is 1. The van der Waals surface area contributed by atoms with Crippen LogP contribution in [-0.2, 0) is 6.54 Å². The largest absolute Gasteiger partial charge is 0.455 e. The summed E-state index contributed by atoms with van der Waals surface area (Å²) in [5.74, 6) is 0.818. The number of nitrogen functional groups attached to an aromatic ring is 1. The Morgan fingerprint density at radius 2 is 1.97 bits per heavy atom. The van der Waals surface area contributed by atoms with Crippen molar-refractivity contribution in [3.8, 4) is 17.1 Å². The van der Waals surface area contributed by atoms with Crippen LogP contribution in [0.5, 0.6) is 0 Å². The fraction of sp³-hybridized carbons (Fsp3) is 0.238. The van der Waals surface area contributed by atoms with Gasteiger partial charge in [-0.2, -0.15) is 9.78 Å². The third kappa shape index (κ3) is 5.05. The van der Waals surface area contributed by atoms with E-state index in [0.29, 0.717) is 23.8 Å². The molecule has 4 aromatic rings. The number of amides is 1. The van der Waals surface area contributed by atoms with E-state index in [2.05, 4.69) is 56.6 Å². The SMILES string of the molecule is CCN(CC)Cc1c(C(=O)N/N=C/c2ccc(-c3ccc(Br)cc3)o2)nnn1-c1nonc1N. The molecule has 0 unspecified atom stereocenters. The summed E-state index contributed by atoms with van der Waals surface area (Å²) in [6.45, 7) is 5.92. The Morgan fingerprint density at radius 3 is 2.65 bits per heavy atom. The third-order valence-electron chi connectivity index (χ3n) is 5.06. The molecule has 0 saturated carbocycles. The zero-order valence-corrected chi connectivity index (χ0v) is 20.1. The van der Waals surface area contributed by atoms with Gasteiger partial charge < -0.3 is 10.2 Å². The Hall–Kier alpha value is -3.84. The van der Waals surface area contributed by atoms with E-state index in [1.165, 1.54) is 10.9 Å². The maximum Gasteiger partial charge on any atom is 0.293 e. The Bertz CT molecular complexity index is 1290. The third-order valence-corrected chi connectivity index (χ3v) is 5.58. The lowest BCUT2D eigenvalue weighted by Crippen LogP contribution is -2.27. The molecule has 3 heterocycles. The Balaban J connectivity index is 1.51. The average Bonchev–Trinajstić information content (AvgIpc) is 3.57. The standard InChI is InChI=1S/C21H22BrN9O3/c1-3-30(4-2)12-16-18(25-29-31(16)20-19(23)27-34-28-20)21(32)26-24-11-15-9-10-17(33-15)13-5-7-14(22)8-6-13/h5-11H,3-4,12H2,1-2H3,(H2,23,27)(H,26,32)/b24-11+. The lowest BCUT2D eigenvalue weighted by molar-refractivity contribution is 0.0948. The monoisotopic (exact) mass is 527 g/mol. The summed E-state index contributed by atoms with van der Waals surface area (Å²) in [4.78, 5) is 14.9. The highest BCUT2D eigenvalue weighted by atomic mass is 79.9. The number of nitrogens with two attached hydrogens (primary N) is 1. The first-order valence-corrected chi connectivity index (χ1v) is 11.2. The molecule has 1 amide bonds. The maximum atomic E-state index is 12.9. The van der Waals surface area contributed by atoms with Crippen molar-refractivity contribution in [1.82, 2.24) is 35.6 Å². The van der Waals surface area contributed by atoms with Crippen molar-refractivity contribution in [2.75, 3.05) is 18.8 Å². The van der Waals surface area contributed by atoms with Crippen LogP contribution in [0.3, 0.4) is 0 Å². The van der Waals surface area contributed by atoms with Crippen molar-refractivity contribution in [3.63, 3.8) is 0 Å². The van der Waals surface area contributed by atoms with E-state index in [-0.39, 0.29) is 17.3 Å². The number of anilines is 1. The molecule has 13 heteroatoms. The average molecular weight is 528 g/mol. The number of carbonyl (C=O) groups excluding carboxylic acids is 1. The second kappa shape index (κ2) is 10.4. The number of carbonyl (C=O) groups is 1. The van der Waals surface area contributed by atoms with Crippen LogP contribution in [0.4, 0.5) is 5.82 Å². The van der Waals surface area contributed by atoms with Gasteiger partial charge in [-0.3, -0.25) is 9.69 Å². The van der Waals surface area contributed by atoms with E-state index in [1.807, 2.05) is 44.2 Å². The minimum atomic E-state index is -0.542. The quantitative estimate of drug-likeness (QED) is 0.247. The highest BCUT2D eigenvalue weighted by Gasteiger charge is 2.25. The van der Waals surface area contributed by atoms with Crippen molar-refractivity contribution in [2.45, 2.75) is 20.4 Å². The summed E-state index contributed by atoms with van der Waals surface area (Å²) >= 11 is 3.41. The van der Waals surface area contributed by atoms with Crippen LogP contribution in [0.2, 0.25) is 0 Å². The molecule has 0 bridgehead atoms. The Morgan fingerprint density at radius 1 is 1.21 bits per heavy atom. The first kappa shape index (κ1) is 23.3. The molecule has 0 saturated heterocycles. The second-order valence-corrected chi connectivity index (χ2v) is 8.05. The first-order chi connectivity index (χ1) is 16.5. The van der Waals surface area contributed by atoms with E-state index in [4.69, 9.17) is 10.2 Å². The summed E-state index contributed by atoms with van der Waals surface area (Å²) in [7, 11) is 0.